The molecule has 2 aromatic rings. The van der Waals surface area contributed by atoms with E-state index in [9.17, 15) is 13.2 Å². The summed E-state index contributed by atoms with van der Waals surface area (Å²) in [5, 5.41) is 0. The van der Waals surface area contributed by atoms with Crippen LogP contribution in [-0.2, 0) is 0 Å². The Hall–Kier alpha value is -1.98. The van der Waals surface area contributed by atoms with Gasteiger partial charge in [-0.15, -0.1) is 13.2 Å². The van der Waals surface area contributed by atoms with E-state index in [1.54, 1.807) is 13.1 Å². The summed E-state index contributed by atoms with van der Waals surface area (Å²) in [5.41, 5.74) is 1.50. The van der Waals surface area contributed by atoms with Crippen molar-refractivity contribution < 1.29 is 17.9 Å². The molecule has 0 aliphatic carbocycles. The number of imidazole rings is 1. The molecule has 0 amide bonds. The highest BCUT2D eigenvalue weighted by Crippen LogP contribution is 2.25. The molecule has 3 nitrogen and oxygen atoms in total. The molecule has 1 aromatic carbocycles. The lowest BCUT2D eigenvalue weighted by Gasteiger charge is -2.08. The highest BCUT2D eigenvalue weighted by molar-refractivity contribution is 5.59. The van der Waals surface area contributed by atoms with Gasteiger partial charge in [0.05, 0.1) is 11.9 Å². The molecule has 0 fully saturated rings. The van der Waals surface area contributed by atoms with E-state index in [0.717, 1.165) is 17.1 Å². The van der Waals surface area contributed by atoms with Crippen molar-refractivity contribution in [3.63, 3.8) is 0 Å². The molecule has 19 heavy (non-hydrogen) atoms. The molecule has 2 rings (SSSR count). The predicted octanol–water partition coefficient (Wildman–Crippen LogP) is 4.31. The normalized spacial score (nSPS) is 10.6. The maximum absolute atomic E-state index is 11.9. The van der Waals surface area contributed by atoms with Crippen molar-refractivity contribution in [1.82, 2.24) is 9.97 Å². The van der Waals surface area contributed by atoms with Crippen LogP contribution in [0, 0.1) is 6.92 Å². The number of halogens is 3. The Labute approximate surface area is 109 Å². The van der Waals surface area contributed by atoms with Crippen molar-refractivity contribution in [2.75, 3.05) is 0 Å². The number of aromatic nitrogens is 2. The Kier molecular flexibility index (Phi) is 4.97. The van der Waals surface area contributed by atoms with Gasteiger partial charge < -0.3 is 9.72 Å². The first-order chi connectivity index (χ1) is 8.94. The van der Waals surface area contributed by atoms with Crippen LogP contribution in [0.15, 0.2) is 30.5 Å². The second-order valence-corrected chi connectivity index (χ2v) is 3.45. The summed E-state index contributed by atoms with van der Waals surface area (Å²) in [5.74, 6) is 0.508. The predicted molar refractivity (Wildman–Crippen MR) is 66.8 cm³/mol. The van der Waals surface area contributed by atoms with Crippen molar-refractivity contribution >= 4 is 0 Å². The lowest BCUT2D eigenvalue weighted by Crippen LogP contribution is -2.16. The zero-order valence-electron chi connectivity index (χ0n) is 10.9. The number of aryl methyl sites for hydroxylation is 1. The number of rotatable bonds is 2. The highest BCUT2D eigenvalue weighted by atomic mass is 19.4. The molecule has 0 unspecified atom stereocenters. The van der Waals surface area contributed by atoms with E-state index in [1.165, 1.54) is 24.3 Å². The topological polar surface area (TPSA) is 37.9 Å². The zero-order valence-corrected chi connectivity index (χ0v) is 10.9. The highest BCUT2D eigenvalue weighted by Gasteiger charge is 2.30. The van der Waals surface area contributed by atoms with Crippen LogP contribution in [0.25, 0.3) is 11.3 Å². The Morgan fingerprint density at radius 3 is 2.11 bits per heavy atom. The molecule has 0 radical (unpaired) electrons. The number of nitrogens with zero attached hydrogens (tertiary/aromatic N) is 1. The van der Waals surface area contributed by atoms with E-state index in [2.05, 4.69) is 14.7 Å². The van der Waals surface area contributed by atoms with Crippen LogP contribution >= 0.6 is 0 Å². The van der Waals surface area contributed by atoms with Gasteiger partial charge in [0.15, 0.2) is 0 Å². The van der Waals surface area contributed by atoms with Gasteiger partial charge in [-0.25, -0.2) is 4.98 Å². The van der Waals surface area contributed by atoms with Gasteiger partial charge in [-0.2, -0.15) is 0 Å². The smallest absolute Gasteiger partial charge is 0.406 e. The van der Waals surface area contributed by atoms with E-state index in [4.69, 9.17) is 0 Å². The van der Waals surface area contributed by atoms with Gasteiger partial charge in [-0.1, -0.05) is 13.8 Å². The van der Waals surface area contributed by atoms with Crippen LogP contribution in [0.2, 0.25) is 0 Å². The minimum absolute atomic E-state index is 0.238. The molecule has 0 aliphatic heterocycles. The van der Waals surface area contributed by atoms with Crippen LogP contribution in [0.3, 0.4) is 0 Å². The number of hydrogen-bond acceptors (Lipinski definition) is 2. The number of H-pyrrole nitrogens is 1. The third kappa shape index (κ3) is 4.65. The maximum atomic E-state index is 11.9. The molecule has 0 saturated carbocycles. The van der Waals surface area contributed by atoms with E-state index in [-0.39, 0.29) is 5.75 Å². The minimum atomic E-state index is -4.66. The summed E-state index contributed by atoms with van der Waals surface area (Å²) in [6.07, 6.45) is -3.04. The monoisotopic (exact) mass is 272 g/mol. The molecule has 1 N–H and O–H groups in total. The Morgan fingerprint density at radius 1 is 1.11 bits per heavy atom. The van der Waals surface area contributed by atoms with Gasteiger partial charge >= 0.3 is 6.36 Å². The van der Waals surface area contributed by atoms with Gasteiger partial charge in [0.25, 0.3) is 0 Å². The maximum Gasteiger partial charge on any atom is 0.573 e. The number of nitrogens with one attached hydrogen (secondary N) is 1. The van der Waals surface area contributed by atoms with Crippen molar-refractivity contribution in [2.45, 2.75) is 27.1 Å². The molecular formula is C13H15F3N2O. The van der Waals surface area contributed by atoms with Crippen LogP contribution in [0.4, 0.5) is 13.2 Å². The molecule has 0 bridgehead atoms. The van der Waals surface area contributed by atoms with Gasteiger partial charge in [-0.05, 0) is 36.8 Å². The fraction of sp³-hybridized carbons (Fsp3) is 0.308. The third-order valence-electron chi connectivity index (χ3n) is 2.10. The summed E-state index contributed by atoms with van der Waals surface area (Å²) >= 11 is 0. The number of ether oxygens (including phenoxy) is 1. The lowest BCUT2D eigenvalue weighted by molar-refractivity contribution is -0.274. The lowest BCUT2D eigenvalue weighted by atomic mass is 10.2. The van der Waals surface area contributed by atoms with Gasteiger partial charge in [0.1, 0.15) is 11.6 Å². The second-order valence-electron chi connectivity index (χ2n) is 3.45. The molecule has 0 atom stereocenters. The van der Waals surface area contributed by atoms with E-state index >= 15 is 0 Å². The molecule has 6 heteroatoms. The molecule has 1 heterocycles. The summed E-state index contributed by atoms with van der Waals surface area (Å²) in [6.45, 7) is 5.80. The second kappa shape index (κ2) is 6.26. The van der Waals surface area contributed by atoms with Crippen molar-refractivity contribution in [3.05, 3.63) is 36.3 Å². The van der Waals surface area contributed by atoms with Crippen molar-refractivity contribution in [1.29, 1.82) is 0 Å². The van der Waals surface area contributed by atoms with Crippen LogP contribution in [-0.4, -0.2) is 16.3 Å². The third-order valence-corrected chi connectivity index (χ3v) is 2.10. The summed E-state index contributed by atoms with van der Waals surface area (Å²) in [4.78, 5) is 6.99. The Balaban J connectivity index is 0.000000861. The van der Waals surface area contributed by atoms with Crippen LogP contribution in [0.5, 0.6) is 5.75 Å². The first kappa shape index (κ1) is 15.1. The average molecular weight is 272 g/mol. The first-order valence-electron chi connectivity index (χ1n) is 5.82. The van der Waals surface area contributed by atoms with Crippen molar-refractivity contribution in [2.24, 2.45) is 0 Å². The summed E-state index contributed by atoms with van der Waals surface area (Å²) in [7, 11) is 0. The van der Waals surface area contributed by atoms with Crippen LogP contribution in [0.1, 0.15) is 19.7 Å². The number of benzene rings is 1. The molecule has 0 saturated heterocycles. The molecule has 1 aromatic heterocycles. The Morgan fingerprint density at radius 2 is 1.68 bits per heavy atom. The van der Waals surface area contributed by atoms with Crippen molar-refractivity contribution in [3.8, 4) is 17.0 Å². The number of aromatic amines is 1. The van der Waals surface area contributed by atoms with E-state index < -0.39 is 6.36 Å². The standard InChI is InChI=1S/C11H9F3N2O.C2H6/c1-7-15-6-10(16-7)8-2-4-9(5-3-8)17-11(12,13)14;1-2/h2-6H,1H3,(H,15,16);1-2H3. The molecule has 0 aliphatic rings. The number of alkyl halides is 3. The molecule has 104 valence electrons. The zero-order chi connectivity index (χ0) is 14.5. The quantitative estimate of drug-likeness (QED) is 0.884. The summed E-state index contributed by atoms with van der Waals surface area (Å²) < 4.78 is 39.6. The van der Waals surface area contributed by atoms with Gasteiger partial charge in [0.2, 0.25) is 0 Å². The van der Waals surface area contributed by atoms with Gasteiger partial charge in [-0.3, -0.25) is 0 Å². The molecular weight excluding hydrogens is 257 g/mol. The fourth-order valence-electron chi connectivity index (χ4n) is 1.40. The summed E-state index contributed by atoms with van der Waals surface area (Å²) in [6, 6.07) is 5.60. The SMILES string of the molecule is CC.Cc1ncc(-c2ccc(OC(F)(F)F)cc2)[nH]1. The van der Waals surface area contributed by atoms with Crippen LogP contribution < -0.4 is 4.74 Å². The average Bonchev–Trinajstić information content (AvgIpc) is 2.77. The van der Waals surface area contributed by atoms with Gasteiger partial charge in [0, 0.05) is 0 Å². The Bertz CT molecular complexity index is 503. The molecule has 0 spiro atoms. The fourth-order valence-corrected chi connectivity index (χ4v) is 1.40. The minimum Gasteiger partial charge on any atom is -0.406 e. The number of hydrogen-bond donors (Lipinski definition) is 1. The first-order valence-corrected chi connectivity index (χ1v) is 5.82. The van der Waals surface area contributed by atoms with E-state index in [0.29, 0.717) is 0 Å². The van der Waals surface area contributed by atoms with E-state index in [1.807, 2.05) is 13.8 Å². The largest absolute Gasteiger partial charge is 0.573 e.